The van der Waals surface area contributed by atoms with E-state index >= 15 is 0 Å². The molecule has 2 nitrogen and oxygen atoms in total. The van der Waals surface area contributed by atoms with Gasteiger partial charge in [0.05, 0.1) is 12.2 Å². The fraction of sp³-hybridized carbons (Fsp3) is 0.778. The molecule has 3 rings (SSSR count). The molecular weight excluding hydrogens is 403 g/mol. The van der Waals surface area contributed by atoms with E-state index in [2.05, 4.69) is 41.5 Å². The van der Waals surface area contributed by atoms with Crippen molar-refractivity contribution in [2.24, 2.45) is 35.5 Å². The summed E-state index contributed by atoms with van der Waals surface area (Å²) < 4.78 is 27.3. The number of hydrogen-bond donors (Lipinski definition) is 0. The zero-order chi connectivity index (χ0) is 22.5. The second-order valence-corrected chi connectivity index (χ2v) is 12.7. The van der Waals surface area contributed by atoms with Crippen LogP contribution < -0.4 is 0 Å². The van der Waals surface area contributed by atoms with E-state index in [0.29, 0.717) is 35.5 Å². The van der Waals surface area contributed by atoms with E-state index in [-0.39, 0.29) is 18.0 Å². The molecule has 6 atom stereocenters. The van der Waals surface area contributed by atoms with Crippen LogP contribution in [-0.2, 0) is 14.9 Å². The van der Waals surface area contributed by atoms with Gasteiger partial charge < -0.3 is 8.85 Å². The molecule has 2 aliphatic carbocycles. The molecule has 1 aromatic rings. The molecule has 1 aromatic carbocycles. The minimum absolute atomic E-state index is 0.179. The molecule has 0 unspecified atom stereocenters. The molecule has 0 heterocycles. The van der Waals surface area contributed by atoms with E-state index in [1.165, 1.54) is 25.7 Å². The fourth-order valence-electron chi connectivity index (χ4n) is 5.72. The minimum Gasteiger partial charge on any atom is -0.390 e. The van der Waals surface area contributed by atoms with Crippen LogP contribution in [0.15, 0.2) is 24.3 Å². The summed E-state index contributed by atoms with van der Waals surface area (Å²) in [6.07, 6.45) is 7.97. The molecule has 2 aliphatic rings. The molecule has 0 aliphatic heterocycles. The Kier molecular flexibility index (Phi) is 9.19. The highest BCUT2D eigenvalue weighted by molar-refractivity contribution is 6.44. The van der Waals surface area contributed by atoms with Gasteiger partial charge in [0.25, 0.3) is 0 Å². The quantitative estimate of drug-likeness (QED) is 0.388. The van der Waals surface area contributed by atoms with E-state index in [4.69, 9.17) is 8.85 Å². The third-order valence-corrected chi connectivity index (χ3v) is 9.58. The van der Waals surface area contributed by atoms with Crippen LogP contribution in [-0.4, -0.2) is 21.5 Å². The Bertz CT molecular complexity index is 628. The SMILES string of the molecule is CC(C)[C@@H]1CC[C@@H](C)C[C@H]1O[Si](Cc1ccc(F)cc1)O[C@@H]1C[C@H](C)CC[C@H]1C(C)C. The molecule has 2 saturated carbocycles. The number of rotatable bonds is 8. The van der Waals surface area contributed by atoms with E-state index in [1.54, 1.807) is 12.1 Å². The van der Waals surface area contributed by atoms with E-state index in [1.807, 2.05) is 12.1 Å². The van der Waals surface area contributed by atoms with Crippen LogP contribution >= 0.6 is 0 Å². The van der Waals surface area contributed by atoms with Gasteiger partial charge in [-0.15, -0.1) is 0 Å². The summed E-state index contributed by atoms with van der Waals surface area (Å²) in [6.45, 7) is 14.1. The number of hydrogen-bond acceptors (Lipinski definition) is 2. The Hall–Kier alpha value is -0.713. The van der Waals surface area contributed by atoms with Crippen molar-refractivity contribution < 1.29 is 13.2 Å². The second kappa shape index (κ2) is 11.4. The Balaban J connectivity index is 1.78. The van der Waals surface area contributed by atoms with Gasteiger partial charge in [-0.05, 0) is 78.9 Å². The molecule has 0 aromatic heterocycles. The first-order chi connectivity index (χ1) is 14.7. The Morgan fingerprint density at radius 3 is 1.68 bits per heavy atom. The third-order valence-electron chi connectivity index (χ3n) is 7.75. The summed E-state index contributed by atoms with van der Waals surface area (Å²) in [5.41, 5.74) is 1.13. The molecule has 1 radical (unpaired) electrons. The van der Waals surface area contributed by atoms with E-state index < -0.39 is 9.28 Å². The average molecular weight is 448 g/mol. The monoisotopic (exact) mass is 447 g/mol. The lowest BCUT2D eigenvalue weighted by Crippen LogP contribution is -2.45. The van der Waals surface area contributed by atoms with Crippen molar-refractivity contribution in [3.63, 3.8) is 0 Å². The van der Waals surface area contributed by atoms with Crippen molar-refractivity contribution in [1.82, 2.24) is 0 Å². The summed E-state index contributed by atoms with van der Waals surface area (Å²) >= 11 is 0. The van der Waals surface area contributed by atoms with Gasteiger partial charge in [-0.25, -0.2) is 4.39 Å². The van der Waals surface area contributed by atoms with Gasteiger partial charge >= 0.3 is 9.28 Å². The molecule has 0 amide bonds. The molecule has 4 heteroatoms. The first kappa shape index (κ1) is 24.9. The summed E-state index contributed by atoms with van der Waals surface area (Å²) in [7, 11) is -1.51. The van der Waals surface area contributed by atoms with Crippen LogP contribution in [0.4, 0.5) is 4.39 Å². The van der Waals surface area contributed by atoms with Crippen LogP contribution in [0.2, 0.25) is 0 Å². The minimum atomic E-state index is -1.51. The van der Waals surface area contributed by atoms with Crippen molar-refractivity contribution in [2.75, 3.05) is 0 Å². The lowest BCUT2D eigenvalue weighted by molar-refractivity contribution is -0.0152. The smallest absolute Gasteiger partial charge is 0.389 e. The summed E-state index contributed by atoms with van der Waals surface area (Å²) in [5.74, 6) is 3.73. The largest absolute Gasteiger partial charge is 0.390 e. The molecule has 0 saturated heterocycles. The molecular formula is C27H44FO2Si. The highest BCUT2D eigenvalue weighted by Gasteiger charge is 2.38. The van der Waals surface area contributed by atoms with Crippen LogP contribution in [0.3, 0.4) is 0 Å². The number of halogens is 1. The first-order valence-corrected chi connectivity index (χ1v) is 14.2. The molecule has 0 spiro atoms. The molecule has 2 fully saturated rings. The van der Waals surface area contributed by atoms with Gasteiger partial charge in [-0.2, -0.15) is 0 Å². The summed E-state index contributed by atoms with van der Waals surface area (Å²) in [6, 6.07) is 7.72. The number of benzene rings is 1. The normalized spacial score (nSPS) is 32.2. The first-order valence-electron chi connectivity index (χ1n) is 12.7. The van der Waals surface area contributed by atoms with Crippen molar-refractivity contribution in [3.05, 3.63) is 35.6 Å². The van der Waals surface area contributed by atoms with Crippen molar-refractivity contribution >= 4 is 9.28 Å². The van der Waals surface area contributed by atoms with Crippen LogP contribution in [0.25, 0.3) is 0 Å². The lowest BCUT2D eigenvalue weighted by atomic mass is 9.75. The van der Waals surface area contributed by atoms with Crippen molar-refractivity contribution in [3.8, 4) is 0 Å². The van der Waals surface area contributed by atoms with Gasteiger partial charge in [-0.3, -0.25) is 0 Å². The Morgan fingerprint density at radius 2 is 1.26 bits per heavy atom. The topological polar surface area (TPSA) is 18.5 Å². The summed E-state index contributed by atoms with van der Waals surface area (Å²) in [5, 5.41) is 0. The highest BCUT2D eigenvalue weighted by atomic mass is 28.3. The zero-order valence-corrected chi connectivity index (χ0v) is 21.6. The second-order valence-electron chi connectivity index (χ2n) is 11.1. The van der Waals surface area contributed by atoms with E-state index in [9.17, 15) is 4.39 Å². The van der Waals surface area contributed by atoms with Gasteiger partial charge in [0.2, 0.25) is 0 Å². The standard InChI is InChI=1S/C27H44FO2Si/c1-18(2)24-13-7-20(5)15-26(24)29-31(17-22-9-11-23(28)12-10-22)30-27-16-21(6)8-14-25(27)19(3)4/h9-12,18-21,24-27H,7-8,13-17H2,1-6H3/t20-,21-,24+,25+,26-,27-/m1/s1. The van der Waals surface area contributed by atoms with Crippen LogP contribution in [0.5, 0.6) is 0 Å². The lowest BCUT2D eigenvalue weighted by Gasteiger charge is -2.41. The Morgan fingerprint density at radius 1 is 0.806 bits per heavy atom. The molecule has 0 bridgehead atoms. The van der Waals surface area contributed by atoms with Gasteiger partial charge in [0, 0.05) is 6.04 Å². The maximum Gasteiger partial charge on any atom is 0.389 e. The van der Waals surface area contributed by atoms with Gasteiger partial charge in [0.1, 0.15) is 5.82 Å². The fourth-order valence-corrected chi connectivity index (χ4v) is 7.73. The predicted octanol–water partition coefficient (Wildman–Crippen LogP) is 7.35. The molecule has 31 heavy (non-hydrogen) atoms. The maximum absolute atomic E-state index is 13.5. The zero-order valence-electron chi connectivity index (χ0n) is 20.6. The van der Waals surface area contributed by atoms with Crippen LogP contribution in [0.1, 0.15) is 85.6 Å². The van der Waals surface area contributed by atoms with Gasteiger partial charge in [-0.1, -0.05) is 66.5 Å². The third kappa shape index (κ3) is 7.13. The summed E-state index contributed by atoms with van der Waals surface area (Å²) in [4.78, 5) is 0. The van der Waals surface area contributed by atoms with Crippen LogP contribution in [0, 0.1) is 41.3 Å². The Labute approximate surface area is 192 Å². The molecule has 0 N–H and O–H groups in total. The predicted molar refractivity (Wildman–Crippen MR) is 128 cm³/mol. The highest BCUT2D eigenvalue weighted by Crippen LogP contribution is 2.38. The van der Waals surface area contributed by atoms with Crippen molar-refractivity contribution in [1.29, 1.82) is 0 Å². The maximum atomic E-state index is 13.5. The molecule has 175 valence electrons. The van der Waals surface area contributed by atoms with E-state index in [0.717, 1.165) is 24.4 Å². The van der Waals surface area contributed by atoms with Crippen molar-refractivity contribution in [2.45, 2.75) is 98.3 Å². The van der Waals surface area contributed by atoms with Gasteiger partial charge in [0.15, 0.2) is 0 Å². The average Bonchev–Trinajstić information content (AvgIpc) is 2.69.